The van der Waals surface area contributed by atoms with Crippen molar-refractivity contribution in [2.24, 2.45) is 0 Å². The van der Waals surface area contributed by atoms with Gasteiger partial charge in [0.25, 0.3) is 0 Å². The Morgan fingerprint density at radius 2 is 1.62 bits per heavy atom. The van der Waals surface area contributed by atoms with Gasteiger partial charge in [0, 0.05) is 11.3 Å². The number of halogens is 2. The summed E-state index contributed by atoms with van der Waals surface area (Å²) in [6.07, 6.45) is 2.07. The summed E-state index contributed by atoms with van der Waals surface area (Å²) in [5.74, 6) is -0.564. The molecule has 1 amide bonds. The number of hydrogen-bond donors (Lipinski definition) is 1. The summed E-state index contributed by atoms with van der Waals surface area (Å²) in [6, 6.07) is 9.91. The molecule has 0 bridgehead atoms. The van der Waals surface area contributed by atoms with E-state index in [9.17, 15) is 21.6 Å². The van der Waals surface area contributed by atoms with Crippen LogP contribution in [0.1, 0.15) is 18.5 Å². The van der Waals surface area contributed by atoms with Crippen LogP contribution in [-0.2, 0) is 24.7 Å². The summed E-state index contributed by atoms with van der Waals surface area (Å²) >= 11 is 12.0. The molecule has 1 atom stereocenters. The Balaban J connectivity index is 2.19. The first-order valence-corrected chi connectivity index (χ1v) is 12.8. The quantitative estimate of drug-likeness (QED) is 0.658. The molecule has 1 N–H and O–H groups in total. The predicted molar refractivity (Wildman–Crippen MR) is 115 cm³/mol. The zero-order valence-electron chi connectivity index (χ0n) is 15.9. The molecule has 158 valence electrons. The molecule has 2 aromatic carbocycles. The molecule has 0 aliphatic carbocycles. The topological polar surface area (TPSA) is 101 Å². The highest BCUT2D eigenvalue weighted by Gasteiger charge is 2.24. The molecule has 0 radical (unpaired) electrons. The number of sulfone groups is 1. The third kappa shape index (κ3) is 6.33. The van der Waals surface area contributed by atoms with E-state index in [-0.39, 0.29) is 20.6 Å². The molecule has 7 nitrogen and oxygen atoms in total. The second-order valence-electron chi connectivity index (χ2n) is 6.50. The molecule has 0 unspecified atom stereocenters. The fourth-order valence-electron chi connectivity index (χ4n) is 2.56. The van der Waals surface area contributed by atoms with Gasteiger partial charge in [-0.15, -0.1) is 0 Å². The van der Waals surface area contributed by atoms with Crippen molar-refractivity contribution >= 4 is 54.7 Å². The minimum Gasteiger partial charge on any atom is -0.348 e. The van der Waals surface area contributed by atoms with Crippen LogP contribution < -0.4 is 9.62 Å². The smallest absolute Gasteiger partial charge is 0.241 e. The molecule has 0 spiro atoms. The number of nitrogens with one attached hydrogen (secondary N) is 1. The predicted octanol–water partition coefficient (Wildman–Crippen LogP) is 3.04. The van der Waals surface area contributed by atoms with Crippen LogP contribution in [0.3, 0.4) is 0 Å². The normalized spacial score (nSPS) is 13.0. The van der Waals surface area contributed by atoms with Crippen LogP contribution in [-0.4, -0.2) is 41.8 Å². The highest BCUT2D eigenvalue weighted by molar-refractivity contribution is 7.92. The lowest BCUT2D eigenvalue weighted by atomic mass is 10.1. The summed E-state index contributed by atoms with van der Waals surface area (Å²) in [4.78, 5) is 12.7. The Kier molecular flexibility index (Phi) is 7.21. The molecule has 0 aromatic heterocycles. The number of sulfonamides is 1. The van der Waals surface area contributed by atoms with Gasteiger partial charge in [0.15, 0.2) is 9.84 Å². The van der Waals surface area contributed by atoms with E-state index < -0.39 is 38.4 Å². The Bertz CT molecular complexity index is 1120. The van der Waals surface area contributed by atoms with Crippen molar-refractivity contribution in [3.05, 3.63) is 58.1 Å². The van der Waals surface area contributed by atoms with Gasteiger partial charge in [0.2, 0.25) is 15.9 Å². The number of carbonyl (C=O) groups is 1. The molecular weight excluding hydrogens is 459 g/mol. The summed E-state index contributed by atoms with van der Waals surface area (Å²) in [7, 11) is -7.13. The van der Waals surface area contributed by atoms with Gasteiger partial charge in [-0.3, -0.25) is 9.10 Å². The molecule has 0 saturated carbocycles. The SMILES string of the molecule is C[C@@H](NC(=O)CN(c1cc(Cl)ccc1Cl)S(C)(=O)=O)c1ccc(S(C)(=O)=O)cc1. The van der Waals surface area contributed by atoms with Crippen LogP contribution in [0.25, 0.3) is 0 Å². The van der Waals surface area contributed by atoms with Gasteiger partial charge in [-0.1, -0.05) is 35.3 Å². The van der Waals surface area contributed by atoms with Gasteiger partial charge in [0.05, 0.1) is 27.9 Å². The van der Waals surface area contributed by atoms with Gasteiger partial charge in [-0.2, -0.15) is 0 Å². The first kappa shape index (κ1) is 23.5. The number of carbonyl (C=O) groups excluding carboxylic acids is 1. The average Bonchev–Trinajstić information content (AvgIpc) is 2.60. The number of anilines is 1. The highest BCUT2D eigenvalue weighted by atomic mass is 35.5. The molecule has 2 rings (SSSR count). The number of nitrogens with zero attached hydrogens (tertiary/aromatic N) is 1. The minimum atomic E-state index is -3.81. The molecule has 0 aliphatic rings. The third-order valence-corrected chi connectivity index (χ3v) is 6.86. The minimum absolute atomic E-state index is 0.0991. The van der Waals surface area contributed by atoms with Crippen molar-refractivity contribution in [1.29, 1.82) is 0 Å². The van der Waals surface area contributed by atoms with Crippen LogP contribution >= 0.6 is 23.2 Å². The van der Waals surface area contributed by atoms with Gasteiger partial charge < -0.3 is 5.32 Å². The molecule has 0 aliphatic heterocycles. The maximum absolute atomic E-state index is 12.5. The Morgan fingerprint density at radius 1 is 1.03 bits per heavy atom. The van der Waals surface area contributed by atoms with Crippen molar-refractivity contribution in [2.75, 3.05) is 23.4 Å². The van der Waals surface area contributed by atoms with Crippen LogP contribution in [0, 0.1) is 0 Å². The maximum atomic E-state index is 12.5. The average molecular weight is 479 g/mol. The lowest BCUT2D eigenvalue weighted by Crippen LogP contribution is -2.41. The van der Waals surface area contributed by atoms with E-state index in [1.165, 1.54) is 30.3 Å². The second kappa shape index (κ2) is 8.91. The summed E-state index contributed by atoms with van der Waals surface area (Å²) in [5.41, 5.74) is 0.763. The highest BCUT2D eigenvalue weighted by Crippen LogP contribution is 2.30. The van der Waals surface area contributed by atoms with Crippen molar-refractivity contribution in [2.45, 2.75) is 17.9 Å². The first-order valence-electron chi connectivity index (χ1n) is 8.31. The number of amides is 1. The van der Waals surface area contributed by atoms with Crippen molar-refractivity contribution in [3.63, 3.8) is 0 Å². The lowest BCUT2D eigenvalue weighted by Gasteiger charge is -2.24. The van der Waals surface area contributed by atoms with E-state index in [4.69, 9.17) is 23.2 Å². The maximum Gasteiger partial charge on any atom is 0.241 e. The second-order valence-corrected chi connectivity index (χ2v) is 11.3. The molecule has 11 heteroatoms. The standard InChI is InChI=1S/C18H20Cl2N2O5S2/c1-12(13-4-7-15(8-5-13)28(2,24)25)21-18(23)11-22(29(3,26)27)17-10-14(19)6-9-16(17)20/h4-10,12H,11H2,1-3H3,(H,21,23)/t12-/m1/s1. The number of hydrogen-bond acceptors (Lipinski definition) is 5. The summed E-state index contributed by atoms with van der Waals surface area (Å²) < 4.78 is 48.4. The molecule has 0 heterocycles. The van der Waals surface area contributed by atoms with E-state index in [2.05, 4.69) is 5.32 Å². The van der Waals surface area contributed by atoms with E-state index in [1.54, 1.807) is 19.1 Å². The largest absolute Gasteiger partial charge is 0.348 e. The first-order chi connectivity index (χ1) is 13.3. The van der Waals surface area contributed by atoms with E-state index in [1.807, 2.05) is 0 Å². The zero-order valence-corrected chi connectivity index (χ0v) is 19.0. The molecule has 29 heavy (non-hydrogen) atoms. The van der Waals surface area contributed by atoms with Gasteiger partial charge in [-0.05, 0) is 42.8 Å². The van der Waals surface area contributed by atoms with Crippen LogP contribution in [0.2, 0.25) is 10.0 Å². The van der Waals surface area contributed by atoms with Crippen molar-refractivity contribution < 1.29 is 21.6 Å². The molecule has 0 fully saturated rings. The lowest BCUT2D eigenvalue weighted by molar-refractivity contribution is -0.120. The third-order valence-electron chi connectivity index (χ3n) is 4.05. The summed E-state index contributed by atoms with van der Waals surface area (Å²) in [6.45, 7) is 1.20. The van der Waals surface area contributed by atoms with E-state index in [0.717, 1.165) is 16.8 Å². The van der Waals surface area contributed by atoms with Gasteiger partial charge >= 0.3 is 0 Å². The Labute approximate surface area is 180 Å². The van der Waals surface area contributed by atoms with Gasteiger partial charge in [0.1, 0.15) is 6.54 Å². The molecular formula is C18H20Cl2N2O5S2. The van der Waals surface area contributed by atoms with E-state index >= 15 is 0 Å². The molecule has 2 aromatic rings. The number of rotatable bonds is 7. The van der Waals surface area contributed by atoms with Crippen LogP contribution in [0.15, 0.2) is 47.4 Å². The zero-order chi connectivity index (χ0) is 22.0. The molecule has 0 saturated heterocycles. The summed E-state index contributed by atoms with van der Waals surface area (Å²) in [5, 5.41) is 3.10. The Morgan fingerprint density at radius 3 is 2.14 bits per heavy atom. The van der Waals surface area contributed by atoms with E-state index in [0.29, 0.717) is 5.56 Å². The fourth-order valence-corrected chi connectivity index (χ4v) is 4.49. The van der Waals surface area contributed by atoms with Crippen molar-refractivity contribution in [3.8, 4) is 0 Å². The monoisotopic (exact) mass is 478 g/mol. The number of benzene rings is 2. The fraction of sp³-hybridized carbons (Fsp3) is 0.278. The van der Waals surface area contributed by atoms with Gasteiger partial charge in [-0.25, -0.2) is 16.8 Å². The van der Waals surface area contributed by atoms with Crippen molar-refractivity contribution in [1.82, 2.24) is 5.32 Å². The van der Waals surface area contributed by atoms with Crippen LogP contribution in [0.5, 0.6) is 0 Å². The van der Waals surface area contributed by atoms with Crippen LogP contribution in [0.4, 0.5) is 5.69 Å². The Hall–Kier alpha value is -1.81.